The molecule has 2 rings (SSSR count). The van der Waals surface area contributed by atoms with Gasteiger partial charge in [-0.1, -0.05) is 35.3 Å². The molecule has 0 heterocycles. The van der Waals surface area contributed by atoms with Gasteiger partial charge in [-0.05, 0) is 43.3 Å². The van der Waals surface area contributed by atoms with Crippen molar-refractivity contribution in [2.45, 2.75) is 13.0 Å². The van der Waals surface area contributed by atoms with E-state index in [1.165, 1.54) is 0 Å². The van der Waals surface area contributed by atoms with Gasteiger partial charge in [0.05, 0.1) is 0 Å². The molecule has 0 bridgehead atoms. The molecule has 4 amide bonds. The number of hydrogen-bond acceptors (Lipinski definition) is 2. The monoisotopic (exact) mass is 380 g/mol. The van der Waals surface area contributed by atoms with Gasteiger partial charge in [0.1, 0.15) is 0 Å². The van der Waals surface area contributed by atoms with Crippen molar-refractivity contribution in [2.24, 2.45) is 0 Å². The van der Waals surface area contributed by atoms with E-state index in [0.29, 0.717) is 21.4 Å². The number of benzene rings is 2. The van der Waals surface area contributed by atoms with Gasteiger partial charge in [0.2, 0.25) is 0 Å². The van der Waals surface area contributed by atoms with Crippen molar-refractivity contribution in [2.75, 3.05) is 17.2 Å². The third kappa shape index (κ3) is 6.91. The molecule has 0 aromatic heterocycles. The highest BCUT2D eigenvalue weighted by Crippen LogP contribution is 2.15. The summed E-state index contributed by atoms with van der Waals surface area (Å²) in [6.07, 6.45) is 0. The van der Waals surface area contributed by atoms with Crippen LogP contribution in [0.2, 0.25) is 10.0 Å². The smallest absolute Gasteiger partial charge is 0.319 e. The van der Waals surface area contributed by atoms with Crippen LogP contribution in [-0.4, -0.2) is 24.6 Å². The van der Waals surface area contributed by atoms with Crippen LogP contribution in [0.1, 0.15) is 6.92 Å². The molecule has 2 aromatic rings. The summed E-state index contributed by atoms with van der Waals surface area (Å²) in [5.74, 6) is 0. The summed E-state index contributed by atoms with van der Waals surface area (Å²) in [7, 11) is 0. The van der Waals surface area contributed by atoms with Gasteiger partial charge in [0.15, 0.2) is 0 Å². The number of amides is 4. The van der Waals surface area contributed by atoms with Gasteiger partial charge in [-0.15, -0.1) is 0 Å². The van der Waals surface area contributed by atoms with E-state index in [-0.39, 0.29) is 24.6 Å². The van der Waals surface area contributed by atoms with Crippen LogP contribution >= 0.6 is 23.2 Å². The molecule has 0 aliphatic carbocycles. The summed E-state index contributed by atoms with van der Waals surface area (Å²) in [6, 6.07) is 12.6. The maximum Gasteiger partial charge on any atom is 0.319 e. The molecule has 132 valence electrons. The van der Waals surface area contributed by atoms with E-state index in [9.17, 15) is 9.59 Å². The lowest BCUT2D eigenvalue weighted by Crippen LogP contribution is -2.44. The minimum atomic E-state index is -0.383. The maximum atomic E-state index is 11.9. The van der Waals surface area contributed by atoms with Crippen LogP contribution in [0.15, 0.2) is 48.5 Å². The summed E-state index contributed by atoms with van der Waals surface area (Å²) >= 11 is 11.7. The fraction of sp³-hybridized carbons (Fsp3) is 0.176. The number of hydrogen-bond donors (Lipinski definition) is 4. The molecule has 0 radical (unpaired) electrons. The largest absolute Gasteiger partial charge is 0.336 e. The lowest BCUT2D eigenvalue weighted by atomic mass is 10.3. The van der Waals surface area contributed by atoms with Crippen molar-refractivity contribution < 1.29 is 9.59 Å². The molecule has 0 aliphatic rings. The third-order valence-corrected chi connectivity index (χ3v) is 3.58. The SMILES string of the molecule is CC(CNC(=O)Nc1cccc(Cl)c1)NC(=O)Nc1cccc(Cl)c1. The van der Waals surface area contributed by atoms with Crippen molar-refractivity contribution in [1.82, 2.24) is 10.6 Å². The lowest BCUT2D eigenvalue weighted by molar-refractivity contribution is 0.244. The Morgan fingerprint density at radius 3 is 1.96 bits per heavy atom. The molecule has 8 heteroatoms. The first-order valence-corrected chi connectivity index (χ1v) is 8.31. The average Bonchev–Trinajstić information content (AvgIpc) is 2.53. The molecule has 2 aromatic carbocycles. The number of rotatable bonds is 5. The molecule has 0 spiro atoms. The van der Waals surface area contributed by atoms with Crippen LogP contribution in [0.5, 0.6) is 0 Å². The van der Waals surface area contributed by atoms with Crippen molar-refractivity contribution in [1.29, 1.82) is 0 Å². The molecular weight excluding hydrogens is 363 g/mol. The Hall–Kier alpha value is -2.44. The molecule has 1 unspecified atom stereocenters. The highest BCUT2D eigenvalue weighted by molar-refractivity contribution is 6.31. The predicted molar refractivity (Wildman–Crippen MR) is 102 cm³/mol. The molecule has 25 heavy (non-hydrogen) atoms. The summed E-state index contributed by atoms with van der Waals surface area (Å²) in [6.45, 7) is 2.03. The molecule has 6 nitrogen and oxygen atoms in total. The minimum absolute atomic E-state index is 0.259. The molecule has 0 fully saturated rings. The third-order valence-electron chi connectivity index (χ3n) is 3.11. The normalized spacial score (nSPS) is 11.3. The number of anilines is 2. The first-order chi connectivity index (χ1) is 11.9. The highest BCUT2D eigenvalue weighted by atomic mass is 35.5. The van der Waals surface area contributed by atoms with E-state index in [1.54, 1.807) is 55.5 Å². The van der Waals surface area contributed by atoms with Crippen molar-refractivity contribution in [3.8, 4) is 0 Å². The average molecular weight is 381 g/mol. The topological polar surface area (TPSA) is 82.3 Å². The van der Waals surface area contributed by atoms with Gasteiger partial charge in [0, 0.05) is 34.0 Å². The molecular formula is C17H18Cl2N4O2. The second-order valence-electron chi connectivity index (χ2n) is 5.36. The zero-order valence-electron chi connectivity index (χ0n) is 13.5. The number of carbonyl (C=O) groups excluding carboxylic acids is 2. The Kier molecular flexibility index (Phi) is 6.91. The molecule has 1 atom stereocenters. The first kappa shape index (κ1) is 18.9. The van der Waals surface area contributed by atoms with E-state index in [2.05, 4.69) is 21.3 Å². The van der Waals surface area contributed by atoms with Gasteiger partial charge in [-0.25, -0.2) is 9.59 Å². The minimum Gasteiger partial charge on any atom is -0.336 e. The van der Waals surface area contributed by atoms with Crippen LogP contribution < -0.4 is 21.3 Å². The first-order valence-electron chi connectivity index (χ1n) is 7.56. The zero-order valence-corrected chi connectivity index (χ0v) is 15.0. The Bertz CT molecular complexity index is 755. The standard InChI is InChI=1S/C17H18Cl2N4O2/c1-11(21-17(25)23-15-7-3-5-13(19)9-15)10-20-16(24)22-14-6-2-4-12(18)8-14/h2-9,11H,10H2,1H3,(H2,20,22,24)(H2,21,23,25). The number of carbonyl (C=O) groups is 2. The van der Waals surface area contributed by atoms with Gasteiger partial charge < -0.3 is 21.3 Å². The summed E-state index contributed by atoms with van der Waals surface area (Å²) in [5.41, 5.74) is 1.17. The summed E-state index contributed by atoms with van der Waals surface area (Å²) in [4.78, 5) is 23.7. The summed E-state index contributed by atoms with van der Waals surface area (Å²) in [5, 5.41) is 11.8. The fourth-order valence-corrected chi connectivity index (χ4v) is 2.38. The molecule has 0 aliphatic heterocycles. The van der Waals surface area contributed by atoms with Crippen LogP contribution in [0.3, 0.4) is 0 Å². The van der Waals surface area contributed by atoms with Gasteiger partial charge in [-0.2, -0.15) is 0 Å². The Morgan fingerprint density at radius 2 is 1.44 bits per heavy atom. The molecule has 0 saturated carbocycles. The predicted octanol–water partition coefficient (Wildman–Crippen LogP) is 4.33. The van der Waals surface area contributed by atoms with Gasteiger partial charge in [0.25, 0.3) is 0 Å². The van der Waals surface area contributed by atoms with E-state index >= 15 is 0 Å². The van der Waals surface area contributed by atoms with Crippen molar-refractivity contribution >= 4 is 46.6 Å². The quantitative estimate of drug-likeness (QED) is 0.622. The number of urea groups is 2. The number of nitrogens with one attached hydrogen (secondary N) is 4. The maximum absolute atomic E-state index is 11.9. The van der Waals surface area contributed by atoms with Crippen LogP contribution in [-0.2, 0) is 0 Å². The van der Waals surface area contributed by atoms with Crippen molar-refractivity contribution in [3.05, 3.63) is 58.6 Å². The van der Waals surface area contributed by atoms with E-state index < -0.39 is 0 Å². The van der Waals surface area contributed by atoms with Gasteiger partial charge >= 0.3 is 12.1 Å². The second kappa shape index (κ2) is 9.15. The van der Waals surface area contributed by atoms with Gasteiger partial charge in [-0.3, -0.25) is 0 Å². The van der Waals surface area contributed by atoms with Crippen LogP contribution in [0.4, 0.5) is 21.0 Å². The fourth-order valence-electron chi connectivity index (χ4n) is 2.00. The highest BCUT2D eigenvalue weighted by Gasteiger charge is 2.09. The summed E-state index contributed by atoms with van der Waals surface area (Å²) < 4.78 is 0. The number of halogens is 2. The molecule has 4 N–H and O–H groups in total. The van der Waals surface area contributed by atoms with Crippen molar-refractivity contribution in [3.63, 3.8) is 0 Å². The zero-order chi connectivity index (χ0) is 18.2. The molecule has 0 saturated heterocycles. The van der Waals surface area contributed by atoms with Crippen LogP contribution in [0.25, 0.3) is 0 Å². The van der Waals surface area contributed by atoms with E-state index in [0.717, 1.165) is 0 Å². The van der Waals surface area contributed by atoms with E-state index in [1.807, 2.05) is 0 Å². The lowest BCUT2D eigenvalue weighted by Gasteiger charge is -2.16. The van der Waals surface area contributed by atoms with Crippen LogP contribution in [0, 0.1) is 0 Å². The van der Waals surface area contributed by atoms with E-state index in [4.69, 9.17) is 23.2 Å². The second-order valence-corrected chi connectivity index (χ2v) is 6.23. The Morgan fingerprint density at radius 1 is 0.920 bits per heavy atom. The Balaban J connectivity index is 1.73. The Labute approximate surface area is 155 Å².